The predicted molar refractivity (Wildman–Crippen MR) is 74.6 cm³/mol. The maximum atomic E-state index is 14.0. The molecule has 0 bridgehead atoms. The second kappa shape index (κ2) is 6.17. The van der Waals surface area contributed by atoms with Crippen molar-refractivity contribution < 1.29 is 12.8 Å². The Morgan fingerprint density at radius 1 is 1.42 bits per heavy atom. The Balaban J connectivity index is 0.00000180. The molecule has 108 valence electrons. The zero-order valence-electron chi connectivity index (χ0n) is 10.9. The van der Waals surface area contributed by atoms with Crippen LogP contribution in [0.4, 0.5) is 4.39 Å². The zero-order chi connectivity index (χ0) is 13.3. The molecule has 0 amide bonds. The number of sulfonamides is 1. The van der Waals surface area contributed by atoms with Crippen molar-refractivity contribution in [3.63, 3.8) is 0 Å². The Morgan fingerprint density at radius 2 is 2.11 bits per heavy atom. The first kappa shape index (κ1) is 16.4. The summed E-state index contributed by atoms with van der Waals surface area (Å²) in [6.45, 7) is 4.94. The van der Waals surface area contributed by atoms with Crippen molar-refractivity contribution in [3.05, 3.63) is 29.6 Å². The third-order valence-electron chi connectivity index (χ3n) is 3.18. The number of hydrogen-bond donors (Lipinski definition) is 1. The summed E-state index contributed by atoms with van der Waals surface area (Å²) in [5, 5.41) is 3.11. The fourth-order valence-corrected chi connectivity index (χ4v) is 3.90. The largest absolute Gasteiger partial charge is 0.314 e. The lowest BCUT2D eigenvalue weighted by Crippen LogP contribution is -2.52. The van der Waals surface area contributed by atoms with Gasteiger partial charge in [-0.05, 0) is 25.5 Å². The quantitative estimate of drug-likeness (QED) is 0.901. The molecule has 1 aromatic carbocycles. The van der Waals surface area contributed by atoms with Crippen LogP contribution in [0.15, 0.2) is 23.1 Å². The highest BCUT2D eigenvalue weighted by Crippen LogP contribution is 2.23. The number of rotatable bonds is 2. The molecule has 7 heteroatoms. The average molecular weight is 309 g/mol. The van der Waals surface area contributed by atoms with Crippen LogP contribution in [-0.4, -0.2) is 38.4 Å². The maximum absolute atomic E-state index is 14.0. The molecule has 1 atom stereocenters. The highest BCUT2D eigenvalue weighted by atomic mass is 35.5. The summed E-state index contributed by atoms with van der Waals surface area (Å²) in [6, 6.07) is 4.30. The number of halogens is 2. The van der Waals surface area contributed by atoms with Gasteiger partial charge in [0.2, 0.25) is 10.0 Å². The fraction of sp³-hybridized carbons (Fsp3) is 0.500. The number of benzene rings is 1. The SMILES string of the molecule is Cc1cccc(S(=O)(=O)N2CCNC[C@@H]2C)c1F.Cl. The lowest BCUT2D eigenvalue weighted by Gasteiger charge is -2.32. The summed E-state index contributed by atoms with van der Waals surface area (Å²) < 4.78 is 40.2. The van der Waals surface area contributed by atoms with Crippen LogP contribution >= 0.6 is 12.4 Å². The predicted octanol–water partition coefficient (Wildman–Crippen LogP) is 1.54. The van der Waals surface area contributed by atoms with Crippen molar-refractivity contribution in [2.24, 2.45) is 0 Å². The summed E-state index contributed by atoms with van der Waals surface area (Å²) >= 11 is 0. The van der Waals surface area contributed by atoms with Crippen LogP contribution in [0.5, 0.6) is 0 Å². The minimum atomic E-state index is -3.75. The van der Waals surface area contributed by atoms with Crippen molar-refractivity contribution in [2.75, 3.05) is 19.6 Å². The first-order valence-electron chi connectivity index (χ1n) is 5.92. The van der Waals surface area contributed by atoms with Crippen LogP contribution in [0.1, 0.15) is 12.5 Å². The van der Waals surface area contributed by atoms with E-state index in [1.807, 2.05) is 6.92 Å². The van der Waals surface area contributed by atoms with Crippen molar-refractivity contribution in [2.45, 2.75) is 24.8 Å². The van der Waals surface area contributed by atoms with Gasteiger partial charge in [-0.3, -0.25) is 0 Å². The molecule has 1 aromatic rings. The molecule has 0 spiro atoms. The summed E-state index contributed by atoms with van der Waals surface area (Å²) in [7, 11) is -3.75. The van der Waals surface area contributed by atoms with Gasteiger partial charge < -0.3 is 5.32 Å². The molecule has 1 N–H and O–H groups in total. The summed E-state index contributed by atoms with van der Waals surface area (Å²) in [6.07, 6.45) is 0. The highest BCUT2D eigenvalue weighted by molar-refractivity contribution is 7.89. The molecule has 0 radical (unpaired) electrons. The monoisotopic (exact) mass is 308 g/mol. The molecule has 0 saturated carbocycles. The van der Waals surface area contributed by atoms with E-state index in [0.717, 1.165) is 0 Å². The molecule has 1 fully saturated rings. The highest BCUT2D eigenvalue weighted by Gasteiger charge is 2.32. The Labute approximate surface area is 119 Å². The molecule has 19 heavy (non-hydrogen) atoms. The summed E-state index contributed by atoms with van der Waals surface area (Å²) in [5.41, 5.74) is 0.346. The fourth-order valence-electron chi connectivity index (χ4n) is 2.13. The van der Waals surface area contributed by atoms with E-state index < -0.39 is 15.8 Å². The first-order valence-corrected chi connectivity index (χ1v) is 7.36. The first-order chi connectivity index (χ1) is 8.44. The van der Waals surface area contributed by atoms with Gasteiger partial charge in [0.1, 0.15) is 10.7 Å². The lowest BCUT2D eigenvalue weighted by molar-refractivity contribution is 0.283. The smallest absolute Gasteiger partial charge is 0.246 e. The lowest BCUT2D eigenvalue weighted by atomic mass is 10.2. The average Bonchev–Trinajstić information content (AvgIpc) is 2.32. The van der Waals surface area contributed by atoms with Gasteiger partial charge >= 0.3 is 0 Å². The minimum Gasteiger partial charge on any atom is -0.314 e. The molecule has 4 nitrogen and oxygen atoms in total. The van der Waals surface area contributed by atoms with Crippen molar-refractivity contribution >= 4 is 22.4 Å². The van der Waals surface area contributed by atoms with Crippen LogP contribution in [0, 0.1) is 12.7 Å². The van der Waals surface area contributed by atoms with E-state index >= 15 is 0 Å². The molecule has 1 aliphatic rings. The van der Waals surface area contributed by atoms with Crippen LogP contribution in [0.3, 0.4) is 0 Å². The van der Waals surface area contributed by atoms with Crippen LogP contribution in [0.2, 0.25) is 0 Å². The van der Waals surface area contributed by atoms with Gasteiger partial charge in [0.25, 0.3) is 0 Å². The standard InChI is InChI=1S/C12H17FN2O2S.ClH/c1-9-4-3-5-11(12(9)13)18(16,17)15-7-6-14-8-10(15)2;/h3-5,10,14H,6-8H2,1-2H3;1H/t10-;/m0./s1. The van der Waals surface area contributed by atoms with E-state index in [1.54, 1.807) is 19.1 Å². The molecule has 1 saturated heterocycles. The third-order valence-corrected chi connectivity index (χ3v) is 5.21. The van der Waals surface area contributed by atoms with Gasteiger partial charge in [0.15, 0.2) is 0 Å². The number of nitrogens with zero attached hydrogens (tertiary/aromatic N) is 1. The van der Waals surface area contributed by atoms with Crippen LogP contribution in [-0.2, 0) is 10.0 Å². The van der Waals surface area contributed by atoms with Gasteiger partial charge in [-0.25, -0.2) is 12.8 Å². The van der Waals surface area contributed by atoms with Gasteiger partial charge in [-0.1, -0.05) is 12.1 Å². The van der Waals surface area contributed by atoms with Gasteiger partial charge in [0, 0.05) is 25.7 Å². The van der Waals surface area contributed by atoms with Gasteiger partial charge in [-0.15, -0.1) is 12.4 Å². The number of nitrogens with one attached hydrogen (secondary N) is 1. The third kappa shape index (κ3) is 3.08. The molecule has 1 heterocycles. The van der Waals surface area contributed by atoms with Crippen molar-refractivity contribution in [1.82, 2.24) is 9.62 Å². The second-order valence-corrected chi connectivity index (χ2v) is 6.41. The number of piperazine rings is 1. The number of aryl methyl sites for hydroxylation is 1. The Morgan fingerprint density at radius 3 is 2.74 bits per heavy atom. The molecular weight excluding hydrogens is 291 g/mol. The van der Waals surface area contributed by atoms with Gasteiger partial charge in [-0.2, -0.15) is 4.31 Å². The zero-order valence-corrected chi connectivity index (χ0v) is 12.5. The van der Waals surface area contributed by atoms with E-state index in [2.05, 4.69) is 5.32 Å². The van der Waals surface area contributed by atoms with Crippen molar-refractivity contribution in [1.29, 1.82) is 0 Å². The van der Waals surface area contributed by atoms with Crippen LogP contribution in [0.25, 0.3) is 0 Å². The minimum absolute atomic E-state index is 0. The number of hydrogen-bond acceptors (Lipinski definition) is 3. The Bertz CT molecular complexity index is 551. The molecule has 0 unspecified atom stereocenters. The molecule has 1 aliphatic heterocycles. The Hall–Kier alpha value is -0.690. The summed E-state index contributed by atoms with van der Waals surface area (Å²) in [5.74, 6) is -0.650. The molecule has 0 aliphatic carbocycles. The van der Waals surface area contributed by atoms with E-state index in [9.17, 15) is 12.8 Å². The summed E-state index contributed by atoms with van der Waals surface area (Å²) in [4.78, 5) is -0.226. The molecular formula is C12H18ClFN2O2S. The van der Waals surface area contributed by atoms with Crippen LogP contribution < -0.4 is 5.32 Å². The van der Waals surface area contributed by atoms with E-state index in [4.69, 9.17) is 0 Å². The normalized spacial score (nSPS) is 20.9. The van der Waals surface area contributed by atoms with E-state index in [1.165, 1.54) is 10.4 Å². The second-order valence-electron chi connectivity index (χ2n) is 4.56. The molecule has 0 aromatic heterocycles. The van der Waals surface area contributed by atoms with Crippen molar-refractivity contribution in [3.8, 4) is 0 Å². The maximum Gasteiger partial charge on any atom is 0.246 e. The van der Waals surface area contributed by atoms with Gasteiger partial charge in [0.05, 0.1) is 0 Å². The molecule has 2 rings (SSSR count). The van der Waals surface area contributed by atoms with E-state index in [0.29, 0.717) is 25.2 Å². The Kier molecular flexibility index (Phi) is 5.32. The van der Waals surface area contributed by atoms with E-state index in [-0.39, 0.29) is 23.3 Å². The topological polar surface area (TPSA) is 49.4 Å².